The minimum Gasteiger partial charge on any atom is -0.393 e. The first-order valence-electron chi connectivity index (χ1n) is 8.81. The monoisotopic (exact) mass is 308 g/mol. The molecule has 0 aromatic carbocycles. The van der Waals surface area contributed by atoms with Crippen LogP contribution in [-0.2, 0) is 9.59 Å². The Balaban J connectivity index is 1.56. The number of amides is 2. The molecule has 0 bridgehead atoms. The van der Waals surface area contributed by atoms with Gasteiger partial charge in [-0.15, -0.1) is 0 Å². The van der Waals surface area contributed by atoms with Crippen molar-refractivity contribution in [2.45, 2.75) is 64.0 Å². The zero-order valence-corrected chi connectivity index (χ0v) is 13.5. The zero-order chi connectivity index (χ0) is 15.7. The van der Waals surface area contributed by atoms with Crippen molar-refractivity contribution in [1.29, 1.82) is 0 Å². The van der Waals surface area contributed by atoms with Gasteiger partial charge in [0.2, 0.25) is 11.8 Å². The molecule has 1 aliphatic carbocycles. The number of likely N-dealkylation sites (tertiary alicyclic amines) is 2. The van der Waals surface area contributed by atoms with Crippen molar-refractivity contribution in [2.75, 3.05) is 19.6 Å². The van der Waals surface area contributed by atoms with Crippen LogP contribution in [0.4, 0.5) is 0 Å². The molecule has 22 heavy (non-hydrogen) atoms. The summed E-state index contributed by atoms with van der Waals surface area (Å²) < 4.78 is 0. The summed E-state index contributed by atoms with van der Waals surface area (Å²) in [5.41, 5.74) is 0. The van der Waals surface area contributed by atoms with Crippen LogP contribution in [0, 0.1) is 11.8 Å². The molecule has 0 aromatic heterocycles. The van der Waals surface area contributed by atoms with Crippen LogP contribution < -0.4 is 0 Å². The number of nitrogens with zero attached hydrogens (tertiary/aromatic N) is 2. The Hall–Kier alpha value is -1.10. The summed E-state index contributed by atoms with van der Waals surface area (Å²) in [6.45, 7) is 4.15. The molecule has 2 heterocycles. The molecule has 1 atom stereocenters. The number of hydrogen-bond acceptors (Lipinski definition) is 3. The van der Waals surface area contributed by atoms with Gasteiger partial charge in [-0.3, -0.25) is 9.59 Å². The van der Waals surface area contributed by atoms with Gasteiger partial charge < -0.3 is 14.9 Å². The molecule has 0 aromatic rings. The summed E-state index contributed by atoms with van der Waals surface area (Å²) in [5.74, 6) is 0.884. The van der Waals surface area contributed by atoms with E-state index in [0.717, 1.165) is 18.8 Å². The number of aliphatic hydroxyl groups is 1. The van der Waals surface area contributed by atoms with Crippen molar-refractivity contribution in [1.82, 2.24) is 9.80 Å². The summed E-state index contributed by atoms with van der Waals surface area (Å²) >= 11 is 0. The number of aliphatic hydroxyl groups excluding tert-OH is 1. The van der Waals surface area contributed by atoms with Gasteiger partial charge in [-0.05, 0) is 44.4 Å². The predicted octanol–water partition coefficient (Wildman–Crippen LogP) is 1.40. The molecular weight excluding hydrogens is 280 g/mol. The van der Waals surface area contributed by atoms with Gasteiger partial charge in [0.1, 0.15) is 0 Å². The second-order valence-electron chi connectivity index (χ2n) is 7.42. The summed E-state index contributed by atoms with van der Waals surface area (Å²) in [4.78, 5) is 28.7. The molecule has 3 aliphatic rings. The molecule has 1 unspecified atom stereocenters. The lowest BCUT2D eigenvalue weighted by Crippen LogP contribution is -2.44. The van der Waals surface area contributed by atoms with E-state index in [9.17, 15) is 14.7 Å². The first-order chi connectivity index (χ1) is 10.5. The average Bonchev–Trinajstić information content (AvgIpc) is 2.90. The van der Waals surface area contributed by atoms with Crippen LogP contribution in [-0.4, -0.2) is 58.5 Å². The topological polar surface area (TPSA) is 60.9 Å². The van der Waals surface area contributed by atoms with Crippen molar-refractivity contribution >= 4 is 11.8 Å². The molecule has 2 amide bonds. The van der Waals surface area contributed by atoms with E-state index in [-0.39, 0.29) is 23.8 Å². The van der Waals surface area contributed by atoms with E-state index in [1.165, 1.54) is 12.8 Å². The van der Waals surface area contributed by atoms with Crippen molar-refractivity contribution in [2.24, 2.45) is 11.8 Å². The average molecular weight is 308 g/mol. The van der Waals surface area contributed by atoms with E-state index in [1.54, 1.807) is 0 Å². The standard InChI is InChI=1S/C17H28N2O3/c1-12-2-4-14(5-3-12)19-11-13(10-16(19)21)17(22)18-8-6-15(20)7-9-18/h12-15,20H,2-11H2,1H3. The highest BCUT2D eigenvalue weighted by molar-refractivity contribution is 5.89. The van der Waals surface area contributed by atoms with Crippen molar-refractivity contribution < 1.29 is 14.7 Å². The molecule has 5 nitrogen and oxygen atoms in total. The fourth-order valence-electron chi connectivity index (χ4n) is 4.15. The normalized spacial score (nSPS) is 34.3. The number of rotatable bonds is 2. The van der Waals surface area contributed by atoms with Crippen molar-refractivity contribution in [3.8, 4) is 0 Å². The first-order valence-corrected chi connectivity index (χ1v) is 8.81. The number of piperidine rings is 1. The van der Waals surface area contributed by atoms with Crippen LogP contribution in [0.25, 0.3) is 0 Å². The van der Waals surface area contributed by atoms with Gasteiger partial charge in [0.05, 0.1) is 12.0 Å². The van der Waals surface area contributed by atoms with E-state index < -0.39 is 0 Å². The van der Waals surface area contributed by atoms with E-state index in [0.29, 0.717) is 44.9 Å². The number of carbonyl (C=O) groups is 2. The van der Waals surface area contributed by atoms with E-state index >= 15 is 0 Å². The molecule has 3 fully saturated rings. The van der Waals surface area contributed by atoms with E-state index in [1.807, 2.05) is 9.80 Å². The maximum atomic E-state index is 12.6. The molecule has 5 heteroatoms. The summed E-state index contributed by atoms with van der Waals surface area (Å²) in [6.07, 6.45) is 5.99. The van der Waals surface area contributed by atoms with Crippen LogP contribution >= 0.6 is 0 Å². The predicted molar refractivity (Wildman–Crippen MR) is 83.1 cm³/mol. The van der Waals surface area contributed by atoms with Crippen LogP contribution in [0.5, 0.6) is 0 Å². The third-order valence-electron chi connectivity index (χ3n) is 5.71. The van der Waals surface area contributed by atoms with Crippen LogP contribution in [0.1, 0.15) is 51.9 Å². The molecule has 0 spiro atoms. The van der Waals surface area contributed by atoms with Gasteiger partial charge in [0, 0.05) is 32.1 Å². The molecule has 0 radical (unpaired) electrons. The molecule has 124 valence electrons. The fraction of sp³-hybridized carbons (Fsp3) is 0.882. The fourth-order valence-corrected chi connectivity index (χ4v) is 4.15. The molecular formula is C17H28N2O3. The zero-order valence-electron chi connectivity index (χ0n) is 13.5. The lowest BCUT2D eigenvalue weighted by molar-refractivity contribution is -0.137. The number of carbonyl (C=O) groups excluding carboxylic acids is 2. The Labute approximate surface area is 132 Å². The van der Waals surface area contributed by atoms with Gasteiger partial charge in [-0.25, -0.2) is 0 Å². The van der Waals surface area contributed by atoms with E-state index in [2.05, 4.69) is 6.92 Å². The quantitative estimate of drug-likeness (QED) is 0.839. The SMILES string of the molecule is CC1CCC(N2CC(C(=O)N3CCC(O)CC3)CC2=O)CC1. The summed E-state index contributed by atoms with van der Waals surface area (Å²) in [7, 11) is 0. The lowest BCUT2D eigenvalue weighted by Gasteiger charge is -2.34. The van der Waals surface area contributed by atoms with Crippen molar-refractivity contribution in [3.05, 3.63) is 0 Å². The third kappa shape index (κ3) is 3.29. The Morgan fingerprint density at radius 1 is 1.09 bits per heavy atom. The van der Waals surface area contributed by atoms with Gasteiger partial charge in [-0.1, -0.05) is 6.92 Å². The van der Waals surface area contributed by atoms with Gasteiger partial charge >= 0.3 is 0 Å². The molecule has 1 N–H and O–H groups in total. The smallest absolute Gasteiger partial charge is 0.227 e. The van der Waals surface area contributed by atoms with Crippen LogP contribution in [0.2, 0.25) is 0 Å². The molecule has 2 saturated heterocycles. The largest absolute Gasteiger partial charge is 0.393 e. The van der Waals surface area contributed by atoms with Gasteiger partial charge in [0.25, 0.3) is 0 Å². The second kappa shape index (κ2) is 6.57. The van der Waals surface area contributed by atoms with Gasteiger partial charge in [-0.2, -0.15) is 0 Å². The minimum absolute atomic E-state index is 0.118. The van der Waals surface area contributed by atoms with Gasteiger partial charge in [0.15, 0.2) is 0 Å². The minimum atomic E-state index is -0.269. The lowest BCUT2D eigenvalue weighted by atomic mass is 9.86. The third-order valence-corrected chi connectivity index (χ3v) is 5.71. The van der Waals surface area contributed by atoms with E-state index in [4.69, 9.17) is 0 Å². The Kier molecular flexibility index (Phi) is 4.71. The molecule has 1 saturated carbocycles. The second-order valence-corrected chi connectivity index (χ2v) is 7.42. The molecule has 3 rings (SSSR count). The summed E-state index contributed by atoms with van der Waals surface area (Å²) in [5, 5.41) is 9.55. The number of hydrogen-bond donors (Lipinski definition) is 1. The Morgan fingerprint density at radius 3 is 2.36 bits per heavy atom. The molecule has 2 aliphatic heterocycles. The highest BCUT2D eigenvalue weighted by Gasteiger charge is 2.40. The van der Waals surface area contributed by atoms with Crippen molar-refractivity contribution in [3.63, 3.8) is 0 Å². The Bertz CT molecular complexity index is 424. The summed E-state index contributed by atoms with van der Waals surface area (Å²) in [6, 6.07) is 0.352. The highest BCUT2D eigenvalue weighted by atomic mass is 16.3. The van der Waals surface area contributed by atoms with Crippen LogP contribution in [0.3, 0.4) is 0 Å². The maximum absolute atomic E-state index is 12.6. The Morgan fingerprint density at radius 2 is 1.73 bits per heavy atom. The van der Waals surface area contributed by atoms with Crippen LogP contribution in [0.15, 0.2) is 0 Å². The highest BCUT2D eigenvalue weighted by Crippen LogP contribution is 2.32. The first kappa shape index (κ1) is 15.8. The maximum Gasteiger partial charge on any atom is 0.227 e.